The van der Waals surface area contributed by atoms with Crippen LogP contribution >= 0.6 is 0 Å². The van der Waals surface area contributed by atoms with Gasteiger partial charge in [0.05, 0.1) is 12.1 Å². The van der Waals surface area contributed by atoms with E-state index in [4.69, 9.17) is 0 Å². The third-order valence-corrected chi connectivity index (χ3v) is 7.28. The first-order valence-corrected chi connectivity index (χ1v) is 14.5. The summed E-state index contributed by atoms with van der Waals surface area (Å²) in [6.45, 7) is 16.2. The lowest BCUT2D eigenvalue weighted by Crippen LogP contribution is -2.59. The summed E-state index contributed by atoms with van der Waals surface area (Å²) in [6.07, 6.45) is 7.15. The summed E-state index contributed by atoms with van der Waals surface area (Å²) in [5, 5.41) is 7.78. The lowest BCUT2D eigenvalue weighted by Gasteiger charge is -2.35. The molecule has 3 fully saturated rings. The topological polar surface area (TPSA) is 168 Å². The Balaban J connectivity index is 0.000000468. The Hall–Kier alpha value is -2.98. The SMILES string of the molecule is CC(C)C(NC(=O)NC(C(=O)N1CCC[C@H]1C)C(C)(C)C)C(=O)C1CC1.CC(NC=O)C(=O)C(N)=O.CC1CC1. The fourth-order valence-corrected chi connectivity index (χ4v) is 4.14. The highest BCUT2D eigenvalue weighted by molar-refractivity contribution is 6.37. The highest BCUT2D eigenvalue weighted by atomic mass is 16.2. The van der Waals surface area contributed by atoms with E-state index in [1.807, 2.05) is 46.4 Å². The van der Waals surface area contributed by atoms with Crippen LogP contribution in [0.2, 0.25) is 0 Å². The number of primary amides is 1. The molecule has 3 unspecified atom stereocenters. The van der Waals surface area contributed by atoms with Gasteiger partial charge in [0.1, 0.15) is 6.04 Å². The van der Waals surface area contributed by atoms with Gasteiger partial charge in [0, 0.05) is 18.5 Å². The Bertz CT molecular complexity index is 907. The van der Waals surface area contributed by atoms with Crippen molar-refractivity contribution < 1.29 is 28.8 Å². The summed E-state index contributed by atoms with van der Waals surface area (Å²) in [4.78, 5) is 70.3. The molecular weight excluding hydrogens is 514 g/mol. The predicted octanol–water partition coefficient (Wildman–Crippen LogP) is 2.31. The summed E-state index contributed by atoms with van der Waals surface area (Å²) < 4.78 is 0. The van der Waals surface area contributed by atoms with E-state index in [0.717, 1.165) is 38.1 Å². The zero-order valence-corrected chi connectivity index (χ0v) is 25.5. The first-order valence-electron chi connectivity index (χ1n) is 14.5. The number of ketones is 2. The predicted molar refractivity (Wildman–Crippen MR) is 153 cm³/mol. The van der Waals surface area contributed by atoms with Gasteiger partial charge in [-0.05, 0) is 56.8 Å². The number of nitrogens with two attached hydrogens (primary N) is 1. The van der Waals surface area contributed by atoms with Gasteiger partial charge in [0.25, 0.3) is 5.91 Å². The fraction of sp³-hybridized carbons (Fsp3) is 0.793. The molecule has 1 aliphatic heterocycles. The van der Waals surface area contributed by atoms with Crippen LogP contribution in [0.1, 0.15) is 93.9 Å². The van der Waals surface area contributed by atoms with Gasteiger partial charge in [-0.15, -0.1) is 0 Å². The molecule has 5 N–H and O–H groups in total. The average Bonchev–Trinajstić information content (AvgIpc) is 3.80. The Morgan fingerprint density at radius 2 is 1.48 bits per heavy atom. The summed E-state index contributed by atoms with van der Waals surface area (Å²) >= 11 is 0. The van der Waals surface area contributed by atoms with Crippen molar-refractivity contribution in [3.63, 3.8) is 0 Å². The molecule has 0 aromatic rings. The molecule has 0 aromatic carbocycles. The molecular formula is C29H51N5O6. The van der Waals surface area contributed by atoms with E-state index in [0.29, 0.717) is 6.41 Å². The highest BCUT2D eigenvalue weighted by Crippen LogP contribution is 2.32. The minimum absolute atomic E-state index is 0.0243. The van der Waals surface area contributed by atoms with Crippen molar-refractivity contribution in [2.24, 2.45) is 28.9 Å². The second-order valence-electron chi connectivity index (χ2n) is 12.8. The monoisotopic (exact) mass is 565 g/mol. The van der Waals surface area contributed by atoms with Crippen molar-refractivity contribution in [1.82, 2.24) is 20.9 Å². The van der Waals surface area contributed by atoms with E-state index in [1.54, 1.807) is 0 Å². The summed E-state index contributed by atoms with van der Waals surface area (Å²) in [5.41, 5.74) is 4.21. The number of rotatable bonds is 10. The normalized spacial score (nSPS) is 20.4. The average molecular weight is 566 g/mol. The summed E-state index contributed by atoms with van der Waals surface area (Å²) in [7, 11) is 0. The van der Waals surface area contributed by atoms with Gasteiger partial charge in [0.15, 0.2) is 5.78 Å². The van der Waals surface area contributed by atoms with Gasteiger partial charge in [-0.25, -0.2) is 4.79 Å². The molecule has 11 nitrogen and oxygen atoms in total. The number of carbonyl (C=O) groups excluding carboxylic acids is 6. The summed E-state index contributed by atoms with van der Waals surface area (Å²) in [6, 6.07) is -2.17. The quantitative estimate of drug-likeness (QED) is 0.234. The fourth-order valence-electron chi connectivity index (χ4n) is 4.14. The van der Waals surface area contributed by atoms with Gasteiger partial charge in [0.2, 0.25) is 18.1 Å². The molecule has 0 bridgehead atoms. The van der Waals surface area contributed by atoms with E-state index in [-0.39, 0.29) is 29.6 Å². The maximum absolute atomic E-state index is 13.0. The number of nitrogens with one attached hydrogen (secondary N) is 3. The number of Topliss-reactive ketones (excluding diaryl/α,β-unsaturated/α-hetero) is 2. The van der Waals surface area contributed by atoms with Crippen LogP contribution in [-0.2, 0) is 24.0 Å². The molecule has 0 radical (unpaired) electrons. The first kappa shape index (κ1) is 35.0. The highest BCUT2D eigenvalue weighted by Gasteiger charge is 2.40. The Kier molecular flexibility index (Phi) is 13.8. The molecule has 2 saturated carbocycles. The van der Waals surface area contributed by atoms with Gasteiger partial charge >= 0.3 is 6.03 Å². The van der Waals surface area contributed by atoms with E-state index < -0.39 is 41.3 Å². The van der Waals surface area contributed by atoms with E-state index in [1.165, 1.54) is 19.8 Å². The Morgan fingerprint density at radius 1 is 0.925 bits per heavy atom. The number of hydrogen-bond acceptors (Lipinski definition) is 6. The van der Waals surface area contributed by atoms with Crippen LogP contribution in [0.25, 0.3) is 0 Å². The molecule has 1 heterocycles. The van der Waals surface area contributed by atoms with E-state index in [9.17, 15) is 28.8 Å². The Morgan fingerprint density at radius 3 is 1.82 bits per heavy atom. The van der Waals surface area contributed by atoms with E-state index in [2.05, 4.69) is 28.6 Å². The lowest BCUT2D eigenvalue weighted by molar-refractivity contribution is -0.137. The van der Waals surface area contributed by atoms with Crippen LogP contribution < -0.4 is 21.7 Å². The van der Waals surface area contributed by atoms with Crippen LogP contribution in [0.4, 0.5) is 4.79 Å². The van der Waals surface area contributed by atoms with Gasteiger partial charge in [-0.3, -0.25) is 24.0 Å². The van der Waals surface area contributed by atoms with Crippen molar-refractivity contribution in [3.8, 4) is 0 Å². The molecule has 1 saturated heterocycles. The molecule has 2 aliphatic carbocycles. The molecule has 4 atom stereocenters. The smallest absolute Gasteiger partial charge is 0.316 e. The van der Waals surface area contributed by atoms with Crippen LogP contribution in [0.3, 0.4) is 0 Å². The number of hydrogen-bond donors (Lipinski definition) is 4. The minimum Gasteiger partial charge on any atom is -0.363 e. The molecule has 228 valence electrons. The zero-order chi connectivity index (χ0) is 30.8. The van der Waals surface area contributed by atoms with Crippen LogP contribution in [-0.4, -0.2) is 71.4 Å². The molecule has 5 amide bonds. The molecule has 0 spiro atoms. The molecule has 0 aromatic heterocycles. The zero-order valence-electron chi connectivity index (χ0n) is 25.5. The van der Waals surface area contributed by atoms with Gasteiger partial charge in [-0.2, -0.15) is 0 Å². The minimum atomic E-state index is -1.04. The van der Waals surface area contributed by atoms with Crippen molar-refractivity contribution in [2.75, 3.05) is 6.54 Å². The van der Waals surface area contributed by atoms with Crippen LogP contribution in [0.5, 0.6) is 0 Å². The van der Waals surface area contributed by atoms with Crippen LogP contribution in [0.15, 0.2) is 0 Å². The van der Waals surface area contributed by atoms with Crippen LogP contribution in [0, 0.1) is 23.2 Å². The molecule has 3 aliphatic rings. The molecule has 40 heavy (non-hydrogen) atoms. The number of nitrogens with zero attached hydrogens (tertiary/aromatic N) is 1. The molecule has 3 rings (SSSR count). The van der Waals surface area contributed by atoms with E-state index >= 15 is 0 Å². The number of carbonyl (C=O) groups is 6. The van der Waals surface area contributed by atoms with Crippen molar-refractivity contribution in [1.29, 1.82) is 0 Å². The van der Waals surface area contributed by atoms with Crippen molar-refractivity contribution in [2.45, 2.75) is 118 Å². The van der Waals surface area contributed by atoms with Crippen molar-refractivity contribution >= 4 is 35.8 Å². The summed E-state index contributed by atoms with van der Waals surface area (Å²) in [5.74, 6) is -0.562. The second kappa shape index (κ2) is 15.7. The lowest BCUT2D eigenvalue weighted by atomic mass is 9.85. The number of urea groups is 1. The number of amides is 5. The second-order valence-corrected chi connectivity index (χ2v) is 12.8. The largest absolute Gasteiger partial charge is 0.363 e. The Labute approximate surface area is 239 Å². The van der Waals surface area contributed by atoms with Gasteiger partial charge < -0.3 is 26.6 Å². The third kappa shape index (κ3) is 12.0. The van der Waals surface area contributed by atoms with Crippen molar-refractivity contribution in [3.05, 3.63) is 0 Å². The molecule has 11 heteroatoms. The maximum Gasteiger partial charge on any atom is 0.316 e. The third-order valence-electron chi connectivity index (χ3n) is 7.28. The van der Waals surface area contributed by atoms with Gasteiger partial charge in [-0.1, -0.05) is 54.4 Å². The maximum atomic E-state index is 13.0. The standard InChI is InChI=1S/C20H35N3O3.C5H8N2O3.C4H8/c1-12(2)15(16(24)14-9-10-14)21-19(26)22-17(20(4,5)6)18(25)23-11-7-8-13(23)3;1-3(7-2-8)4(9)5(6)10;1-4-2-3-4/h12-15,17H,7-11H2,1-6H3,(H2,21,22,26);2-3H,1H3,(H2,6,10)(H,7,8);4H,2-3H2,1H3/t13-,15?,17?;;/m1../s1. The number of likely N-dealkylation sites (tertiary alicyclic amines) is 1. The first-order chi connectivity index (χ1) is 18.5.